The third-order valence-electron chi connectivity index (χ3n) is 2.26. The lowest BCUT2D eigenvalue weighted by Crippen LogP contribution is -2.56. The van der Waals surface area contributed by atoms with Gasteiger partial charge in [-0.25, -0.2) is 10.9 Å². The molecule has 0 aromatic carbocycles. The third kappa shape index (κ3) is 1.14. The van der Waals surface area contributed by atoms with E-state index in [0.29, 0.717) is 6.17 Å². The zero-order chi connectivity index (χ0) is 6.97. The Morgan fingerprint density at radius 1 is 1.30 bits per heavy atom. The zero-order valence-electron chi connectivity index (χ0n) is 5.73. The number of hydrazine groups is 1. The molecular formula is C6H12ClN3. The number of hydrogen-bond donors (Lipinski definition) is 3. The van der Waals surface area contributed by atoms with Crippen LogP contribution in [0, 0.1) is 5.92 Å². The van der Waals surface area contributed by atoms with E-state index < -0.39 is 0 Å². The fourth-order valence-corrected chi connectivity index (χ4v) is 1.98. The SMILES string of the molecule is ClC1CC2CCNC2NN1. The van der Waals surface area contributed by atoms with Gasteiger partial charge in [-0.05, 0) is 25.3 Å². The summed E-state index contributed by atoms with van der Waals surface area (Å²) in [7, 11) is 0. The van der Waals surface area contributed by atoms with Crippen molar-refractivity contribution in [2.24, 2.45) is 5.92 Å². The van der Waals surface area contributed by atoms with Gasteiger partial charge in [0.05, 0.1) is 11.7 Å². The quantitative estimate of drug-likeness (QED) is 0.346. The van der Waals surface area contributed by atoms with Gasteiger partial charge >= 0.3 is 0 Å². The van der Waals surface area contributed by atoms with Gasteiger partial charge < -0.3 is 5.32 Å². The monoisotopic (exact) mass is 161 g/mol. The summed E-state index contributed by atoms with van der Waals surface area (Å²) in [4.78, 5) is 0. The first kappa shape index (κ1) is 6.85. The molecule has 0 aromatic rings. The van der Waals surface area contributed by atoms with Crippen molar-refractivity contribution in [1.29, 1.82) is 0 Å². The normalized spacial score (nSPS) is 47.1. The average molecular weight is 162 g/mol. The minimum absolute atomic E-state index is 0.112. The molecular weight excluding hydrogens is 150 g/mol. The highest BCUT2D eigenvalue weighted by Crippen LogP contribution is 2.23. The van der Waals surface area contributed by atoms with Gasteiger partial charge in [0.2, 0.25) is 0 Å². The van der Waals surface area contributed by atoms with Crippen LogP contribution in [0.25, 0.3) is 0 Å². The first-order valence-electron chi connectivity index (χ1n) is 3.75. The maximum atomic E-state index is 5.88. The van der Waals surface area contributed by atoms with E-state index in [-0.39, 0.29) is 5.50 Å². The first-order valence-corrected chi connectivity index (χ1v) is 4.18. The predicted octanol–water partition coefficient (Wildman–Crippen LogP) is -0.0152. The number of nitrogens with one attached hydrogen (secondary N) is 3. The Morgan fingerprint density at radius 3 is 3.10 bits per heavy atom. The first-order chi connectivity index (χ1) is 4.86. The highest BCUT2D eigenvalue weighted by atomic mass is 35.5. The van der Waals surface area contributed by atoms with Gasteiger partial charge in [-0.1, -0.05) is 0 Å². The summed E-state index contributed by atoms with van der Waals surface area (Å²) < 4.78 is 0. The minimum Gasteiger partial charge on any atom is -0.301 e. The molecule has 4 heteroatoms. The van der Waals surface area contributed by atoms with E-state index in [9.17, 15) is 0 Å². The molecule has 10 heavy (non-hydrogen) atoms. The molecule has 2 aliphatic heterocycles. The Labute approximate surface area is 65.5 Å². The molecule has 0 spiro atoms. The van der Waals surface area contributed by atoms with E-state index in [0.717, 1.165) is 18.9 Å². The van der Waals surface area contributed by atoms with Crippen LogP contribution in [0.2, 0.25) is 0 Å². The Bertz CT molecular complexity index is 130. The van der Waals surface area contributed by atoms with Gasteiger partial charge in [0.1, 0.15) is 0 Å². The molecule has 2 rings (SSSR count). The van der Waals surface area contributed by atoms with E-state index in [1.807, 2.05) is 0 Å². The maximum absolute atomic E-state index is 5.88. The van der Waals surface area contributed by atoms with Gasteiger partial charge in [-0.3, -0.25) is 0 Å². The molecule has 3 atom stereocenters. The Balaban J connectivity index is 1.96. The fraction of sp³-hybridized carbons (Fsp3) is 1.00. The van der Waals surface area contributed by atoms with Crippen LogP contribution in [-0.4, -0.2) is 18.2 Å². The van der Waals surface area contributed by atoms with Crippen molar-refractivity contribution in [1.82, 2.24) is 16.2 Å². The van der Waals surface area contributed by atoms with Crippen molar-refractivity contribution in [3.63, 3.8) is 0 Å². The van der Waals surface area contributed by atoms with Crippen molar-refractivity contribution in [3.8, 4) is 0 Å². The van der Waals surface area contributed by atoms with E-state index in [1.165, 1.54) is 6.42 Å². The van der Waals surface area contributed by atoms with Crippen LogP contribution in [0.15, 0.2) is 0 Å². The fourth-order valence-electron chi connectivity index (χ4n) is 1.69. The lowest BCUT2D eigenvalue weighted by Gasteiger charge is -2.30. The molecule has 0 aliphatic carbocycles. The van der Waals surface area contributed by atoms with E-state index in [1.54, 1.807) is 0 Å². The molecule has 2 saturated heterocycles. The highest BCUT2D eigenvalue weighted by molar-refractivity contribution is 6.20. The molecule has 0 aromatic heterocycles. The Morgan fingerprint density at radius 2 is 2.20 bits per heavy atom. The molecule has 0 bridgehead atoms. The Hall–Kier alpha value is 0.170. The van der Waals surface area contributed by atoms with Crippen molar-refractivity contribution in [2.75, 3.05) is 6.54 Å². The summed E-state index contributed by atoms with van der Waals surface area (Å²) in [6, 6.07) is 0. The largest absolute Gasteiger partial charge is 0.301 e. The van der Waals surface area contributed by atoms with Gasteiger partial charge in [0.15, 0.2) is 0 Å². The summed E-state index contributed by atoms with van der Waals surface area (Å²) in [5, 5.41) is 3.35. The van der Waals surface area contributed by atoms with E-state index in [2.05, 4.69) is 16.2 Å². The smallest absolute Gasteiger partial charge is 0.0955 e. The topological polar surface area (TPSA) is 36.1 Å². The zero-order valence-corrected chi connectivity index (χ0v) is 6.49. The van der Waals surface area contributed by atoms with Crippen molar-refractivity contribution in [3.05, 3.63) is 0 Å². The maximum Gasteiger partial charge on any atom is 0.0955 e. The second-order valence-electron chi connectivity index (χ2n) is 2.97. The van der Waals surface area contributed by atoms with Gasteiger partial charge in [0.25, 0.3) is 0 Å². The molecule has 2 heterocycles. The number of rotatable bonds is 0. The third-order valence-corrected chi connectivity index (χ3v) is 2.54. The molecule has 0 radical (unpaired) electrons. The number of hydrogen-bond acceptors (Lipinski definition) is 3. The van der Waals surface area contributed by atoms with Crippen LogP contribution in [0.1, 0.15) is 12.8 Å². The molecule has 0 saturated carbocycles. The van der Waals surface area contributed by atoms with E-state index in [4.69, 9.17) is 11.6 Å². The summed E-state index contributed by atoms with van der Waals surface area (Å²) >= 11 is 5.88. The van der Waals surface area contributed by atoms with Crippen LogP contribution < -0.4 is 16.2 Å². The second-order valence-corrected chi connectivity index (χ2v) is 3.50. The van der Waals surface area contributed by atoms with Crippen LogP contribution in [-0.2, 0) is 0 Å². The van der Waals surface area contributed by atoms with Gasteiger partial charge in [-0.2, -0.15) is 0 Å². The number of alkyl halides is 1. The molecule has 2 fully saturated rings. The second kappa shape index (κ2) is 2.66. The molecule has 2 aliphatic rings. The summed E-state index contributed by atoms with van der Waals surface area (Å²) in [5.74, 6) is 0.726. The van der Waals surface area contributed by atoms with Crippen molar-refractivity contribution < 1.29 is 0 Å². The lowest BCUT2D eigenvalue weighted by molar-refractivity contribution is 0.244. The number of halogens is 1. The molecule has 0 amide bonds. The molecule has 58 valence electrons. The summed E-state index contributed by atoms with van der Waals surface area (Å²) in [6.45, 7) is 1.12. The molecule has 3 unspecified atom stereocenters. The summed E-state index contributed by atoms with van der Waals surface area (Å²) in [6.07, 6.45) is 2.78. The van der Waals surface area contributed by atoms with Crippen LogP contribution in [0.4, 0.5) is 0 Å². The van der Waals surface area contributed by atoms with E-state index >= 15 is 0 Å². The number of fused-ring (bicyclic) bond motifs is 1. The van der Waals surface area contributed by atoms with Crippen LogP contribution in [0.5, 0.6) is 0 Å². The highest BCUT2D eigenvalue weighted by Gasteiger charge is 2.32. The van der Waals surface area contributed by atoms with Crippen LogP contribution >= 0.6 is 11.6 Å². The molecule has 3 N–H and O–H groups in total. The lowest BCUT2D eigenvalue weighted by atomic mass is 10.0. The van der Waals surface area contributed by atoms with Crippen LogP contribution in [0.3, 0.4) is 0 Å². The van der Waals surface area contributed by atoms with Crippen molar-refractivity contribution >= 4 is 11.6 Å². The van der Waals surface area contributed by atoms with Gasteiger partial charge in [0, 0.05) is 0 Å². The Kier molecular flexibility index (Phi) is 1.82. The van der Waals surface area contributed by atoms with Crippen molar-refractivity contribution in [2.45, 2.75) is 24.5 Å². The average Bonchev–Trinajstić information content (AvgIpc) is 2.33. The summed E-state index contributed by atoms with van der Waals surface area (Å²) in [5.41, 5.74) is 6.26. The standard InChI is InChI=1S/C6H12ClN3/c7-5-3-4-1-2-8-6(4)10-9-5/h4-6,8-10H,1-3H2. The molecule has 3 nitrogen and oxygen atoms in total. The minimum atomic E-state index is 0.112. The van der Waals surface area contributed by atoms with Gasteiger partial charge in [-0.15, -0.1) is 11.6 Å². The predicted molar refractivity (Wildman–Crippen MR) is 40.4 cm³/mol.